The predicted octanol–water partition coefficient (Wildman–Crippen LogP) is 5.35. The average molecular weight is 566 g/mol. The standard InChI is InChI=1S/C28H24ClN3O6S/c1-17-5-3-4-6-21(17)31-26(34)16-38-22-12-7-18(13-23(22)37-2)14-24-27(35)32(28(36)39-24)15-25(33)30-20-10-8-19(29)9-11-20/h3-14H,15-16H2,1-2H3,(H,30,33)(H,31,34)/b24-14-. The molecule has 9 nitrogen and oxygen atoms in total. The van der Waals surface area contributed by atoms with E-state index in [-0.39, 0.29) is 17.4 Å². The Kier molecular flexibility index (Phi) is 8.90. The molecule has 3 aromatic rings. The van der Waals surface area contributed by atoms with Crippen molar-refractivity contribution in [3.63, 3.8) is 0 Å². The Morgan fingerprint density at radius 2 is 1.72 bits per heavy atom. The number of rotatable bonds is 9. The van der Waals surface area contributed by atoms with Gasteiger partial charge in [0, 0.05) is 16.4 Å². The van der Waals surface area contributed by atoms with Crippen LogP contribution in [0.3, 0.4) is 0 Å². The Morgan fingerprint density at radius 1 is 0.974 bits per heavy atom. The molecule has 0 bridgehead atoms. The summed E-state index contributed by atoms with van der Waals surface area (Å²) in [6, 6.07) is 18.8. The number of ether oxygens (including phenoxy) is 2. The minimum atomic E-state index is -0.580. The molecule has 4 rings (SSSR count). The minimum Gasteiger partial charge on any atom is -0.493 e. The summed E-state index contributed by atoms with van der Waals surface area (Å²) < 4.78 is 11.0. The molecular weight excluding hydrogens is 542 g/mol. The quantitative estimate of drug-likeness (QED) is 0.336. The monoisotopic (exact) mass is 565 g/mol. The highest BCUT2D eigenvalue weighted by atomic mass is 35.5. The SMILES string of the molecule is COc1cc(/C=C2\SC(=O)N(CC(=O)Nc3ccc(Cl)cc3)C2=O)ccc1OCC(=O)Nc1ccccc1C. The summed E-state index contributed by atoms with van der Waals surface area (Å²) in [7, 11) is 1.45. The highest BCUT2D eigenvalue weighted by Gasteiger charge is 2.36. The van der Waals surface area contributed by atoms with Gasteiger partial charge >= 0.3 is 0 Å². The van der Waals surface area contributed by atoms with Crippen LogP contribution >= 0.6 is 23.4 Å². The second kappa shape index (κ2) is 12.5. The lowest BCUT2D eigenvalue weighted by Gasteiger charge is -2.13. The number of aryl methyl sites for hydroxylation is 1. The fraction of sp³-hybridized carbons (Fsp3) is 0.143. The number of halogens is 1. The van der Waals surface area contributed by atoms with Gasteiger partial charge in [-0.1, -0.05) is 35.9 Å². The summed E-state index contributed by atoms with van der Waals surface area (Å²) in [5, 5.41) is 5.39. The molecule has 1 aliphatic heterocycles. The van der Waals surface area contributed by atoms with E-state index < -0.39 is 23.6 Å². The van der Waals surface area contributed by atoms with Crippen molar-refractivity contribution < 1.29 is 28.7 Å². The third kappa shape index (κ3) is 7.18. The van der Waals surface area contributed by atoms with Gasteiger partial charge in [0.15, 0.2) is 18.1 Å². The lowest BCUT2D eigenvalue weighted by molar-refractivity contribution is -0.127. The summed E-state index contributed by atoms with van der Waals surface area (Å²) in [6.45, 7) is 1.23. The summed E-state index contributed by atoms with van der Waals surface area (Å²) in [4.78, 5) is 51.0. The number of hydrogen-bond acceptors (Lipinski definition) is 7. The van der Waals surface area contributed by atoms with E-state index in [1.54, 1.807) is 48.5 Å². The lowest BCUT2D eigenvalue weighted by Crippen LogP contribution is -2.36. The van der Waals surface area contributed by atoms with E-state index in [1.165, 1.54) is 13.2 Å². The second-order valence-electron chi connectivity index (χ2n) is 8.38. The highest BCUT2D eigenvalue weighted by molar-refractivity contribution is 8.18. The van der Waals surface area contributed by atoms with E-state index in [0.717, 1.165) is 22.2 Å². The largest absolute Gasteiger partial charge is 0.493 e. The molecular formula is C28H24ClN3O6S. The van der Waals surface area contributed by atoms with Gasteiger partial charge in [-0.3, -0.25) is 24.1 Å². The Morgan fingerprint density at radius 3 is 2.44 bits per heavy atom. The smallest absolute Gasteiger partial charge is 0.294 e. The molecule has 39 heavy (non-hydrogen) atoms. The van der Waals surface area contributed by atoms with E-state index in [0.29, 0.717) is 33.5 Å². The zero-order valence-corrected chi connectivity index (χ0v) is 22.6. The van der Waals surface area contributed by atoms with Gasteiger partial charge in [-0.05, 0) is 78.4 Å². The first-order valence-electron chi connectivity index (χ1n) is 11.7. The van der Waals surface area contributed by atoms with Crippen molar-refractivity contribution in [2.75, 3.05) is 30.9 Å². The molecule has 1 aliphatic rings. The van der Waals surface area contributed by atoms with Crippen molar-refractivity contribution >= 4 is 63.8 Å². The number of anilines is 2. The number of para-hydroxylation sites is 1. The zero-order chi connectivity index (χ0) is 27.9. The molecule has 0 radical (unpaired) electrons. The molecule has 200 valence electrons. The molecule has 0 aromatic heterocycles. The van der Waals surface area contributed by atoms with Gasteiger partial charge < -0.3 is 20.1 Å². The van der Waals surface area contributed by atoms with Crippen LogP contribution in [0.4, 0.5) is 16.2 Å². The average Bonchev–Trinajstić information content (AvgIpc) is 3.17. The van der Waals surface area contributed by atoms with Crippen LogP contribution in [-0.2, 0) is 14.4 Å². The topological polar surface area (TPSA) is 114 Å². The Hall–Kier alpha value is -4.28. The molecule has 1 heterocycles. The molecule has 2 N–H and O–H groups in total. The first kappa shape index (κ1) is 27.7. The third-order valence-corrected chi connectivity index (χ3v) is 6.73. The number of nitrogens with zero attached hydrogens (tertiary/aromatic N) is 1. The van der Waals surface area contributed by atoms with Crippen molar-refractivity contribution in [1.82, 2.24) is 4.90 Å². The van der Waals surface area contributed by atoms with E-state index in [4.69, 9.17) is 21.1 Å². The molecule has 1 saturated heterocycles. The summed E-state index contributed by atoms with van der Waals surface area (Å²) in [5.41, 5.74) is 2.69. The molecule has 1 fully saturated rings. The molecule has 3 aromatic carbocycles. The summed E-state index contributed by atoms with van der Waals surface area (Å²) >= 11 is 6.58. The van der Waals surface area contributed by atoms with E-state index >= 15 is 0 Å². The fourth-order valence-electron chi connectivity index (χ4n) is 3.60. The highest BCUT2D eigenvalue weighted by Crippen LogP contribution is 2.34. The van der Waals surface area contributed by atoms with Crippen LogP contribution in [0.15, 0.2) is 71.6 Å². The lowest BCUT2D eigenvalue weighted by atomic mass is 10.2. The molecule has 0 saturated carbocycles. The molecule has 0 unspecified atom stereocenters. The molecule has 0 atom stereocenters. The van der Waals surface area contributed by atoms with Crippen molar-refractivity contribution in [2.24, 2.45) is 0 Å². The maximum Gasteiger partial charge on any atom is 0.294 e. The number of hydrogen-bond donors (Lipinski definition) is 2. The normalized spacial score (nSPS) is 13.9. The van der Waals surface area contributed by atoms with Crippen molar-refractivity contribution in [3.05, 3.63) is 87.8 Å². The van der Waals surface area contributed by atoms with Crippen LogP contribution < -0.4 is 20.1 Å². The first-order chi connectivity index (χ1) is 18.7. The molecule has 0 aliphatic carbocycles. The van der Waals surface area contributed by atoms with Crippen LogP contribution in [0.5, 0.6) is 11.5 Å². The van der Waals surface area contributed by atoms with Gasteiger partial charge in [-0.2, -0.15) is 0 Å². The van der Waals surface area contributed by atoms with Gasteiger partial charge in [0.1, 0.15) is 6.54 Å². The van der Waals surface area contributed by atoms with Gasteiger partial charge in [0.25, 0.3) is 17.1 Å². The van der Waals surface area contributed by atoms with Gasteiger partial charge in [-0.25, -0.2) is 0 Å². The number of methoxy groups -OCH3 is 1. The number of imide groups is 1. The zero-order valence-electron chi connectivity index (χ0n) is 21.0. The van der Waals surface area contributed by atoms with Crippen LogP contribution in [0.2, 0.25) is 5.02 Å². The summed E-state index contributed by atoms with van der Waals surface area (Å²) in [6.07, 6.45) is 1.53. The van der Waals surface area contributed by atoms with Crippen LogP contribution in [0, 0.1) is 6.92 Å². The van der Waals surface area contributed by atoms with Gasteiger partial charge in [0.2, 0.25) is 5.91 Å². The number of benzene rings is 3. The number of amides is 4. The van der Waals surface area contributed by atoms with Gasteiger partial charge in [0.05, 0.1) is 12.0 Å². The van der Waals surface area contributed by atoms with Crippen molar-refractivity contribution in [3.8, 4) is 11.5 Å². The Bertz CT molecular complexity index is 1460. The van der Waals surface area contributed by atoms with Crippen LogP contribution in [0.1, 0.15) is 11.1 Å². The maximum absolute atomic E-state index is 12.8. The fourth-order valence-corrected chi connectivity index (χ4v) is 4.57. The van der Waals surface area contributed by atoms with Crippen LogP contribution in [0.25, 0.3) is 6.08 Å². The maximum atomic E-state index is 12.8. The minimum absolute atomic E-state index is 0.160. The molecule has 0 spiro atoms. The number of carbonyl (C=O) groups excluding carboxylic acids is 4. The predicted molar refractivity (Wildman–Crippen MR) is 151 cm³/mol. The van der Waals surface area contributed by atoms with Crippen LogP contribution in [-0.4, -0.2) is 48.1 Å². The first-order valence-corrected chi connectivity index (χ1v) is 12.9. The van der Waals surface area contributed by atoms with Crippen molar-refractivity contribution in [2.45, 2.75) is 6.92 Å². The Labute approximate surface area is 234 Å². The number of thioether (sulfide) groups is 1. The van der Waals surface area contributed by atoms with E-state index in [9.17, 15) is 19.2 Å². The third-order valence-electron chi connectivity index (χ3n) is 5.57. The van der Waals surface area contributed by atoms with Crippen molar-refractivity contribution in [1.29, 1.82) is 0 Å². The van der Waals surface area contributed by atoms with Gasteiger partial charge in [-0.15, -0.1) is 0 Å². The molecule has 4 amide bonds. The van der Waals surface area contributed by atoms with E-state index in [1.807, 2.05) is 25.1 Å². The number of nitrogens with one attached hydrogen (secondary N) is 2. The molecule has 11 heteroatoms. The Balaban J connectivity index is 1.38. The number of carbonyl (C=O) groups is 4. The second-order valence-corrected chi connectivity index (χ2v) is 9.81. The summed E-state index contributed by atoms with van der Waals surface area (Å²) in [5.74, 6) is -0.751. The van der Waals surface area contributed by atoms with E-state index in [2.05, 4.69) is 10.6 Å².